The van der Waals surface area contributed by atoms with Crippen molar-refractivity contribution >= 4 is 21.8 Å². The van der Waals surface area contributed by atoms with Crippen molar-refractivity contribution in [3.63, 3.8) is 0 Å². The maximum atomic E-state index is 10.9. The molecule has 0 spiro atoms. The molecule has 0 bridgehead atoms. The first-order valence-electron chi connectivity index (χ1n) is 4.18. The van der Waals surface area contributed by atoms with Gasteiger partial charge in [-0.2, -0.15) is 0 Å². The number of hydrogen-bond acceptors (Lipinski definition) is 1. The molecule has 1 unspecified atom stereocenters. The van der Waals surface area contributed by atoms with Crippen molar-refractivity contribution in [2.24, 2.45) is 0 Å². The standard InChI is InChI=1S/C10H10BrNO/c1-10(6-9(13)12-10)7-4-2-3-5-8(7)11/h2-5H,6H2,1H3,(H,12,13). The van der Waals surface area contributed by atoms with Crippen LogP contribution < -0.4 is 5.32 Å². The van der Waals surface area contributed by atoms with Gasteiger partial charge in [0.1, 0.15) is 0 Å². The molecule has 0 radical (unpaired) electrons. The van der Waals surface area contributed by atoms with Gasteiger partial charge in [-0.1, -0.05) is 34.1 Å². The number of amides is 1. The molecule has 2 rings (SSSR count). The molecule has 3 heteroatoms. The van der Waals surface area contributed by atoms with E-state index in [0.717, 1.165) is 10.0 Å². The summed E-state index contributed by atoms with van der Waals surface area (Å²) in [5.41, 5.74) is 0.978. The fraction of sp³-hybridized carbons (Fsp3) is 0.300. The molecule has 1 aliphatic heterocycles. The van der Waals surface area contributed by atoms with Crippen LogP contribution in [0.5, 0.6) is 0 Å². The van der Waals surface area contributed by atoms with Gasteiger partial charge in [-0.25, -0.2) is 0 Å². The lowest BCUT2D eigenvalue weighted by atomic mass is 9.82. The highest BCUT2D eigenvalue weighted by molar-refractivity contribution is 9.10. The minimum absolute atomic E-state index is 0.123. The quantitative estimate of drug-likeness (QED) is 0.749. The third-order valence-electron chi connectivity index (χ3n) is 2.40. The Hall–Kier alpha value is -0.830. The lowest BCUT2D eigenvalue weighted by molar-refractivity contribution is -0.132. The van der Waals surface area contributed by atoms with E-state index in [4.69, 9.17) is 0 Å². The van der Waals surface area contributed by atoms with Crippen LogP contribution >= 0.6 is 15.9 Å². The average molecular weight is 240 g/mol. The number of nitrogens with one attached hydrogen (secondary N) is 1. The van der Waals surface area contributed by atoms with Crippen molar-refractivity contribution in [3.05, 3.63) is 34.3 Å². The van der Waals surface area contributed by atoms with Crippen LogP contribution in [0.2, 0.25) is 0 Å². The molecule has 1 saturated heterocycles. The summed E-state index contributed by atoms with van der Waals surface area (Å²) < 4.78 is 1.05. The Kier molecular flexibility index (Phi) is 1.91. The van der Waals surface area contributed by atoms with Crippen LogP contribution in [0.25, 0.3) is 0 Å². The number of hydrogen-bond donors (Lipinski definition) is 1. The van der Waals surface area contributed by atoms with Gasteiger partial charge in [-0.3, -0.25) is 4.79 Å². The third-order valence-corrected chi connectivity index (χ3v) is 3.09. The van der Waals surface area contributed by atoms with Gasteiger partial charge in [0, 0.05) is 4.47 Å². The average Bonchev–Trinajstić information content (AvgIpc) is 2.02. The minimum Gasteiger partial charge on any atom is -0.346 e. The molecule has 68 valence electrons. The summed E-state index contributed by atoms with van der Waals surface area (Å²) in [6.45, 7) is 2.04. The second-order valence-electron chi connectivity index (χ2n) is 3.54. The van der Waals surface area contributed by atoms with E-state index in [1.54, 1.807) is 0 Å². The number of halogens is 1. The van der Waals surface area contributed by atoms with E-state index in [9.17, 15) is 4.79 Å². The second-order valence-corrected chi connectivity index (χ2v) is 4.39. The summed E-state index contributed by atoms with van der Waals surface area (Å²) in [5, 5.41) is 2.91. The van der Waals surface area contributed by atoms with Crippen LogP contribution in [0.1, 0.15) is 18.9 Å². The van der Waals surface area contributed by atoms with E-state index >= 15 is 0 Å². The van der Waals surface area contributed by atoms with Crippen molar-refractivity contribution in [1.82, 2.24) is 5.32 Å². The van der Waals surface area contributed by atoms with Gasteiger partial charge in [-0.05, 0) is 18.6 Å². The third kappa shape index (κ3) is 1.37. The van der Waals surface area contributed by atoms with Gasteiger partial charge in [-0.15, -0.1) is 0 Å². The van der Waals surface area contributed by atoms with Crippen LogP contribution in [0, 0.1) is 0 Å². The van der Waals surface area contributed by atoms with Crippen LogP contribution in [0.3, 0.4) is 0 Å². The zero-order chi connectivity index (χ0) is 9.47. The van der Waals surface area contributed by atoms with E-state index in [1.807, 2.05) is 31.2 Å². The summed E-state index contributed by atoms with van der Waals surface area (Å²) in [6.07, 6.45) is 0.579. The normalized spacial score (nSPS) is 26.5. The summed E-state index contributed by atoms with van der Waals surface area (Å²) >= 11 is 3.48. The topological polar surface area (TPSA) is 29.1 Å². The van der Waals surface area contributed by atoms with Gasteiger partial charge in [0.2, 0.25) is 5.91 Å². The number of carbonyl (C=O) groups is 1. The zero-order valence-electron chi connectivity index (χ0n) is 7.30. The van der Waals surface area contributed by atoms with Gasteiger partial charge >= 0.3 is 0 Å². The molecule has 1 atom stereocenters. The van der Waals surface area contributed by atoms with E-state index < -0.39 is 0 Å². The highest BCUT2D eigenvalue weighted by Crippen LogP contribution is 2.35. The predicted molar refractivity (Wildman–Crippen MR) is 54.3 cm³/mol. The van der Waals surface area contributed by atoms with Gasteiger partial charge in [0.05, 0.1) is 12.0 Å². The Morgan fingerprint density at radius 2 is 2.08 bits per heavy atom. The first-order chi connectivity index (χ1) is 6.12. The Morgan fingerprint density at radius 1 is 1.46 bits per heavy atom. The zero-order valence-corrected chi connectivity index (χ0v) is 8.89. The van der Waals surface area contributed by atoms with Crippen LogP contribution in [-0.4, -0.2) is 5.91 Å². The summed E-state index contributed by atoms with van der Waals surface area (Å²) in [5.74, 6) is 0.123. The molecule has 1 N–H and O–H groups in total. The molecular weight excluding hydrogens is 230 g/mol. The maximum absolute atomic E-state index is 10.9. The van der Waals surface area contributed by atoms with Gasteiger partial charge < -0.3 is 5.32 Å². The summed E-state index contributed by atoms with van der Waals surface area (Å²) in [4.78, 5) is 10.9. The van der Waals surface area contributed by atoms with Crippen LogP contribution in [-0.2, 0) is 10.3 Å². The van der Waals surface area contributed by atoms with Crippen molar-refractivity contribution in [1.29, 1.82) is 0 Å². The van der Waals surface area contributed by atoms with Gasteiger partial charge in [0.15, 0.2) is 0 Å². The first-order valence-corrected chi connectivity index (χ1v) is 4.97. The lowest BCUT2D eigenvalue weighted by Gasteiger charge is -2.40. The number of β-lactam (4-membered cyclic amide) rings is 1. The molecule has 1 amide bonds. The molecule has 1 aromatic carbocycles. The van der Waals surface area contributed by atoms with E-state index in [-0.39, 0.29) is 11.4 Å². The van der Waals surface area contributed by atoms with Crippen molar-refractivity contribution in [2.75, 3.05) is 0 Å². The Bertz CT molecular complexity index is 354. The molecule has 1 heterocycles. The molecular formula is C10H10BrNO. The molecule has 2 nitrogen and oxygen atoms in total. The second kappa shape index (κ2) is 2.84. The summed E-state index contributed by atoms with van der Waals surface area (Å²) in [6, 6.07) is 7.97. The SMILES string of the molecule is CC1(c2ccccc2Br)CC(=O)N1. The molecule has 0 aromatic heterocycles. The Balaban J connectivity index is 2.36. The Morgan fingerprint density at radius 3 is 2.62 bits per heavy atom. The van der Waals surface area contributed by atoms with E-state index in [1.165, 1.54) is 0 Å². The fourth-order valence-electron chi connectivity index (χ4n) is 1.68. The highest BCUT2D eigenvalue weighted by Gasteiger charge is 2.40. The monoisotopic (exact) mass is 239 g/mol. The number of rotatable bonds is 1. The molecule has 0 saturated carbocycles. The van der Waals surface area contributed by atoms with Gasteiger partial charge in [0.25, 0.3) is 0 Å². The number of carbonyl (C=O) groups excluding carboxylic acids is 1. The van der Waals surface area contributed by atoms with Crippen LogP contribution in [0.15, 0.2) is 28.7 Å². The fourth-order valence-corrected chi connectivity index (χ4v) is 2.40. The minimum atomic E-state index is -0.169. The Labute approximate surface area is 85.5 Å². The van der Waals surface area contributed by atoms with E-state index in [2.05, 4.69) is 21.2 Å². The van der Waals surface area contributed by atoms with E-state index in [0.29, 0.717) is 6.42 Å². The first kappa shape index (κ1) is 8.75. The van der Waals surface area contributed by atoms with Crippen molar-refractivity contribution < 1.29 is 4.79 Å². The molecule has 0 aliphatic carbocycles. The molecule has 1 aromatic rings. The molecule has 1 aliphatic rings. The largest absolute Gasteiger partial charge is 0.346 e. The predicted octanol–water partition coefficient (Wildman–Crippen LogP) is 2.18. The highest BCUT2D eigenvalue weighted by atomic mass is 79.9. The molecule has 1 fully saturated rings. The lowest BCUT2D eigenvalue weighted by Crippen LogP contribution is -2.56. The number of benzene rings is 1. The maximum Gasteiger partial charge on any atom is 0.223 e. The van der Waals surface area contributed by atoms with Crippen molar-refractivity contribution in [3.8, 4) is 0 Å². The summed E-state index contributed by atoms with van der Waals surface area (Å²) in [7, 11) is 0. The van der Waals surface area contributed by atoms with Crippen molar-refractivity contribution in [2.45, 2.75) is 18.9 Å². The molecule has 13 heavy (non-hydrogen) atoms. The van der Waals surface area contributed by atoms with Crippen LogP contribution in [0.4, 0.5) is 0 Å². The smallest absolute Gasteiger partial charge is 0.223 e.